The second-order valence-electron chi connectivity index (χ2n) is 5.16. The number of pyridine rings is 1. The summed E-state index contributed by atoms with van der Waals surface area (Å²) in [6, 6.07) is 5.58. The third-order valence-electron chi connectivity index (χ3n) is 3.49. The average molecular weight is 268 g/mol. The number of carbonyl (C=O) groups excluding carboxylic acids is 1. The monoisotopic (exact) mass is 267 g/mol. The highest BCUT2D eigenvalue weighted by Gasteiger charge is 2.40. The molecule has 0 atom stereocenters. The van der Waals surface area contributed by atoms with Crippen LogP contribution < -0.4 is 0 Å². The third kappa shape index (κ3) is 2.49. The van der Waals surface area contributed by atoms with Crippen LogP contribution in [0, 0.1) is 0 Å². The molecular weight excluding hydrogens is 250 g/mol. The Morgan fingerprint density at radius 1 is 1.39 bits per heavy atom. The Balaban J connectivity index is 2.16. The van der Waals surface area contributed by atoms with Gasteiger partial charge < -0.3 is 4.90 Å². The van der Waals surface area contributed by atoms with E-state index in [2.05, 4.69) is 9.88 Å². The number of nitrogens with zero attached hydrogens (tertiary/aromatic N) is 3. The molecule has 1 saturated heterocycles. The first-order valence-corrected chi connectivity index (χ1v) is 6.41. The number of likely N-dealkylation sites (N-methyl/N-ethyl adjacent to an activating group) is 1. The fourth-order valence-electron chi connectivity index (χ4n) is 2.26. The summed E-state index contributed by atoms with van der Waals surface area (Å²) in [6.45, 7) is 6.16. The molecule has 5 heteroatoms. The first kappa shape index (κ1) is 13.3. The molecule has 0 aliphatic carbocycles. The molecule has 4 nitrogen and oxygen atoms in total. The van der Waals surface area contributed by atoms with Crippen LogP contribution in [0.25, 0.3) is 0 Å². The zero-order valence-electron chi connectivity index (χ0n) is 11.0. The molecule has 0 aromatic carbocycles. The number of carbonyl (C=O) groups is 1. The average Bonchev–Trinajstić information content (AvgIpc) is 2.31. The lowest BCUT2D eigenvalue weighted by Crippen LogP contribution is -2.61. The summed E-state index contributed by atoms with van der Waals surface area (Å²) in [5.74, 6) is 0.149. The molecule has 1 aliphatic heterocycles. The van der Waals surface area contributed by atoms with Gasteiger partial charge in [0.1, 0.15) is 5.15 Å². The summed E-state index contributed by atoms with van der Waals surface area (Å²) in [6.07, 6.45) is 0. The molecule has 0 bridgehead atoms. The van der Waals surface area contributed by atoms with E-state index in [0.29, 0.717) is 11.7 Å². The van der Waals surface area contributed by atoms with E-state index in [0.717, 1.165) is 18.8 Å². The molecule has 2 heterocycles. The van der Waals surface area contributed by atoms with E-state index in [4.69, 9.17) is 11.6 Å². The molecule has 0 radical (unpaired) electrons. The predicted molar refractivity (Wildman–Crippen MR) is 71.4 cm³/mol. The summed E-state index contributed by atoms with van der Waals surface area (Å²) >= 11 is 5.88. The molecule has 18 heavy (non-hydrogen) atoms. The molecule has 1 fully saturated rings. The molecule has 1 aliphatic rings. The van der Waals surface area contributed by atoms with Gasteiger partial charge in [-0.05, 0) is 26.0 Å². The summed E-state index contributed by atoms with van der Waals surface area (Å²) in [5.41, 5.74) is 0.407. The van der Waals surface area contributed by atoms with Crippen LogP contribution in [0.4, 0.5) is 0 Å². The summed E-state index contributed by atoms with van der Waals surface area (Å²) in [7, 11) is 1.85. The van der Waals surface area contributed by atoms with Gasteiger partial charge in [-0.1, -0.05) is 17.7 Å². The summed E-state index contributed by atoms with van der Waals surface area (Å²) in [4.78, 5) is 20.4. The van der Waals surface area contributed by atoms with Gasteiger partial charge in [-0.2, -0.15) is 0 Å². The van der Waals surface area contributed by atoms with Gasteiger partial charge in [-0.3, -0.25) is 9.69 Å². The molecule has 2 rings (SSSR count). The van der Waals surface area contributed by atoms with E-state index >= 15 is 0 Å². The van der Waals surface area contributed by atoms with Gasteiger partial charge in [0.25, 0.3) is 0 Å². The summed E-state index contributed by atoms with van der Waals surface area (Å²) < 4.78 is 0. The highest BCUT2D eigenvalue weighted by Crippen LogP contribution is 2.23. The third-order valence-corrected chi connectivity index (χ3v) is 3.70. The number of amides is 1. The molecule has 1 aromatic heterocycles. The number of piperazine rings is 1. The fourth-order valence-corrected chi connectivity index (χ4v) is 2.45. The van der Waals surface area contributed by atoms with E-state index in [9.17, 15) is 4.79 Å². The SMILES string of the molecule is CN1CCN(Cc2cccc(Cl)n2)C(C)(C)C1=O. The van der Waals surface area contributed by atoms with Gasteiger partial charge >= 0.3 is 0 Å². The second kappa shape index (κ2) is 4.86. The molecular formula is C13H18ClN3O. The maximum absolute atomic E-state index is 12.2. The minimum Gasteiger partial charge on any atom is -0.343 e. The Kier molecular flexibility index (Phi) is 3.59. The number of rotatable bonds is 2. The molecule has 0 spiro atoms. The Hall–Kier alpha value is -1.13. The Morgan fingerprint density at radius 3 is 2.78 bits per heavy atom. The predicted octanol–water partition coefficient (Wildman–Crippen LogP) is 1.79. The van der Waals surface area contributed by atoms with E-state index in [1.165, 1.54) is 0 Å². The largest absolute Gasteiger partial charge is 0.343 e. The van der Waals surface area contributed by atoms with Crippen molar-refractivity contribution in [2.24, 2.45) is 0 Å². The van der Waals surface area contributed by atoms with Crippen molar-refractivity contribution in [3.05, 3.63) is 29.0 Å². The van der Waals surface area contributed by atoms with Crippen LogP contribution in [0.5, 0.6) is 0 Å². The molecule has 0 N–H and O–H groups in total. The lowest BCUT2D eigenvalue weighted by atomic mass is 9.97. The van der Waals surface area contributed by atoms with Crippen molar-refractivity contribution in [1.29, 1.82) is 0 Å². The molecule has 1 amide bonds. The lowest BCUT2D eigenvalue weighted by molar-refractivity contribution is -0.147. The van der Waals surface area contributed by atoms with Gasteiger partial charge in [0, 0.05) is 26.7 Å². The van der Waals surface area contributed by atoms with Crippen LogP contribution in [0.2, 0.25) is 5.15 Å². The minimum atomic E-state index is -0.489. The first-order valence-electron chi connectivity index (χ1n) is 6.03. The topological polar surface area (TPSA) is 36.4 Å². The summed E-state index contributed by atoms with van der Waals surface area (Å²) in [5, 5.41) is 0.491. The molecule has 0 saturated carbocycles. The quantitative estimate of drug-likeness (QED) is 0.767. The molecule has 1 aromatic rings. The zero-order chi connectivity index (χ0) is 13.3. The van der Waals surface area contributed by atoms with Crippen molar-refractivity contribution in [2.45, 2.75) is 25.9 Å². The zero-order valence-corrected chi connectivity index (χ0v) is 11.7. The Morgan fingerprint density at radius 2 is 2.11 bits per heavy atom. The van der Waals surface area contributed by atoms with E-state index in [-0.39, 0.29) is 5.91 Å². The number of aromatic nitrogens is 1. The van der Waals surface area contributed by atoms with Crippen molar-refractivity contribution < 1.29 is 4.79 Å². The molecule has 98 valence electrons. The maximum Gasteiger partial charge on any atom is 0.242 e. The Bertz CT molecular complexity index is 461. The van der Waals surface area contributed by atoms with E-state index in [1.807, 2.05) is 33.0 Å². The van der Waals surface area contributed by atoms with Crippen molar-refractivity contribution in [2.75, 3.05) is 20.1 Å². The van der Waals surface area contributed by atoms with Crippen LogP contribution >= 0.6 is 11.6 Å². The minimum absolute atomic E-state index is 0.149. The second-order valence-corrected chi connectivity index (χ2v) is 5.55. The standard InChI is InChI=1S/C13H18ClN3O/c1-13(2)12(18)16(3)7-8-17(13)9-10-5-4-6-11(14)15-10/h4-6H,7-9H2,1-3H3. The van der Waals surface area contributed by atoms with E-state index in [1.54, 1.807) is 11.0 Å². The van der Waals surface area contributed by atoms with Gasteiger partial charge in [-0.15, -0.1) is 0 Å². The van der Waals surface area contributed by atoms with Gasteiger partial charge in [0.15, 0.2) is 0 Å². The lowest BCUT2D eigenvalue weighted by Gasteiger charge is -2.44. The van der Waals surface area contributed by atoms with Crippen LogP contribution in [-0.4, -0.2) is 46.4 Å². The van der Waals surface area contributed by atoms with E-state index < -0.39 is 5.54 Å². The Labute approximate surface area is 113 Å². The highest BCUT2D eigenvalue weighted by molar-refractivity contribution is 6.29. The normalized spacial score (nSPS) is 20.2. The maximum atomic E-state index is 12.2. The highest BCUT2D eigenvalue weighted by atomic mass is 35.5. The van der Waals surface area contributed by atoms with Crippen LogP contribution in [-0.2, 0) is 11.3 Å². The fraction of sp³-hybridized carbons (Fsp3) is 0.538. The van der Waals surface area contributed by atoms with Crippen molar-refractivity contribution >= 4 is 17.5 Å². The van der Waals surface area contributed by atoms with Crippen LogP contribution in [0.1, 0.15) is 19.5 Å². The van der Waals surface area contributed by atoms with Gasteiger partial charge in [-0.25, -0.2) is 4.98 Å². The smallest absolute Gasteiger partial charge is 0.242 e. The van der Waals surface area contributed by atoms with Crippen LogP contribution in [0.15, 0.2) is 18.2 Å². The van der Waals surface area contributed by atoms with Crippen molar-refractivity contribution in [3.8, 4) is 0 Å². The van der Waals surface area contributed by atoms with Gasteiger partial charge in [0.05, 0.1) is 11.2 Å². The number of hydrogen-bond donors (Lipinski definition) is 0. The van der Waals surface area contributed by atoms with Gasteiger partial charge in [0.2, 0.25) is 5.91 Å². The van der Waals surface area contributed by atoms with Crippen molar-refractivity contribution in [3.63, 3.8) is 0 Å². The van der Waals surface area contributed by atoms with Crippen molar-refractivity contribution in [1.82, 2.24) is 14.8 Å². The number of hydrogen-bond acceptors (Lipinski definition) is 3. The van der Waals surface area contributed by atoms with Crippen LogP contribution in [0.3, 0.4) is 0 Å². The number of halogens is 1. The first-order chi connectivity index (χ1) is 8.41. The molecule has 0 unspecified atom stereocenters.